The number of Topliss-reactive ketones (excluding diaryl/α,β-unsaturated/α-hetero) is 1. The van der Waals surface area contributed by atoms with E-state index in [9.17, 15) is 4.79 Å². The number of carbonyl (C=O) groups is 1. The van der Waals surface area contributed by atoms with Crippen LogP contribution >= 0.6 is 15.9 Å². The van der Waals surface area contributed by atoms with Crippen LogP contribution in [0.2, 0.25) is 0 Å². The Morgan fingerprint density at radius 2 is 2.21 bits per heavy atom. The predicted octanol–water partition coefficient (Wildman–Crippen LogP) is 3.25. The van der Waals surface area contributed by atoms with E-state index in [1.165, 1.54) is 0 Å². The van der Waals surface area contributed by atoms with Crippen LogP contribution in [-0.4, -0.2) is 22.1 Å². The molecule has 0 aliphatic heterocycles. The minimum Gasteiger partial charge on any atom is -0.330 e. The third-order valence-electron chi connectivity index (χ3n) is 3.11. The molecule has 0 amide bonds. The van der Waals surface area contributed by atoms with Gasteiger partial charge in [0.15, 0.2) is 5.78 Å². The standard InChI is InChI=1S/C14H24BrN3O/c1-4-5-18-14(12(15)9-17-18)13(19)7-11(8-16)6-10(2)3/h9-11H,4-8,16H2,1-3H3. The molecule has 108 valence electrons. The summed E-state index contributed by atoms with van der Waals surface area (Å²) in [5.41, 5.74) is 6.46. The lowest BCUT2D eigenvalue weighted by molar-refractivity contribution is 0.0945. The highest BCUT2D eigenvalue weighted by atomic mass is 79.9. The Hall–Kier alpha value is -0.680. The first-order chi connectivity index (χ1) is 8.99. The molecule has 1 atom stereocenters. The van der Waals surface area contributed by atoms with Gasteiger partial charge < -0.3 is 5.73 Å². The highest BCUT2D eigenvalue weighted by Gasteiger charge is 2.21. The van der Waals surface area contributed by atoms with E-state index in [0.29, 0.717) is 24.6 Å². The fourth-order valence-electron chi connectivity index (χ4n) is 2.31. The van der Waals surface area contributed by atoms with Crippen molar-refractivity contribution in [2.75, 3.05) is 6.54 Å². The molecule has 0 spiro atoms. The van der Waals surface area contributed by atoms with Crippen LogP contribution in [0.1, 0.15) is 50.5 Å². The molecule has 0 aliphatic carbocycles. The van der Waals surface area contributed by atoms with Crippen molar-refractivity contribution in [3.05, 3.63) is 16.4 Å². The van der Waals surface area contributed by atoms with Gasteiger partial charge in [-0.15, -0.1) is 0 Å². The molecule has 1 heterocycles. The van der Waals surface area contributed by atoms with Gasteiger partial charge in [0.1, 0.15) is 5.69 Å². The van der Waals surface area contributed by atoms with Crippen LogP contribution in [0, 0.1) is 11.8 Å². The summed E-state index contributed by atoms with van der Waals surface area (Å²) < 4.78 is 2.57. The number of rotatable bonds is 8. The zero-order valence-corrected chi connectivity index (χ0v) is 13.6. The van der Waals surface area contributed by atoms with Gasteiger partial charge >= 0.3 is 0 Å². The molecule has 0 saturated carbocycles. The number of hydrogen-bond acceptors (Lipinski definition) is 3. The number of ketones is 1. The van der Waals surface area contributed by atoms with E-state index < -0.39 is 0 Å². The van der Waals surface area contributed by atoms with E-state index in [4.69, 9.17) is 5.73 Å². The fourth-order valence-corrected chi connectivity index (χ4v) is 2.83. The van der Waals surface area contributed by atoms with Crippen LogP contribution in [0.15, 0.2) is 10.7 Å². The summed E-state index contributed by atoms with van der Waals surface area (Å²) in [6.45, 7) is 7.72. The van der Waals surface area contributed by atoms with Gasteiger partial charge in [-0.05, 0) is 47.2 Å². The highest BCUT2D eigenvalue weighted by Crippen LogP contribution is 2.22. The fraction of sp³-hybridized carbons (Fsp3) is 0.714. The van der Waals surface area contributed by atoms with Gasteiger partial charge in [0.2, 0.25) is 0 Å². The van der Waals surface area contributed by atoms with Crippen molar-refractivity contribution in [1.82, 2.24) is 9.78 Å². The Morgan fingerprint density at radius 1 is 1.53 bits per heavy atom. The molecular formula is C14H24BrN3O. The maximum atomic E-state index is 12.4. The topological polar surface area (TPSA) is 60.9 Å². The number of carbonyl (C=O) groups excluding carboxylic acids is 1. The Balaban J connectivity index is 2.79. The first kappa shape index (κ1) is 16.4. The number of hydrogen-bond donors (Lipinski definition) is 1. The minimum atomic E-state index is 0.133. The van der Waals surface area contributed by atoms with Crippen LogP contribution in [-0.2, 0) is 6.54 Å². The van der Waals surface area contributed by atoms with Crippen LogP contribution in [0.3, 0.4) is 0 Å². The van der Waals surface area contributed by atoms with E-state index in [2.05, 4.69) is 41.8 Å². The lowest BCUT2D eigenvalue weighted by Crippen LogP contribution is -2.22. The van der Waals surface area contributed by atoms with Crippen LogP contribution in [0.25, 0.3) is 0 Å². The van der Waals surface area contributed by atoms with Gasteiger partial charge in [-0.2, -0.15) is 5.10 Å². The molecule has 1 aromatic heterocycles. The number of aromatic nitrogens is 2. The SMILES string of the molecule is CCCn1ncc(Br)c1C(=O)CC(CN)CC(C)C. The summed E-state index contributed by atoms with van der Waals surface area (Å²) in [6.07, 6.45) is 4.15. The maximum Gasteiger partial charge on any atom is 0.182 e. The molecule has 5 heteroatoms. The molecule has 0 bridgehead atoms. The number of nitrogens with two attached hydrogens (primary N) is 1. The first-order valence-electron chi connectivity index (χ1n) is 6.94. The van der Waals surface area contributed by atoms with E-state index in [-0.39, 0.29) is 11.7 Å². The minimum absolute atomic E-state index is 0.133. The van der Waals surface area contributed by atoms with Crippen molar-refractivity contribution in [3.63, 3.8) is 0 Å². The first-order valence-corrected chi connectivity index (χ1v) is 7.73. The van der Waals surface area contributed by atoms with Crippen molar-refractivity contribution in [2.45, 2.75) is 46.6 Å². The molecule has 1 aromatic rings. The third kappa shape index (κ3) is 4.73. The van der Waals surface area contributed by atoms with Gasteiger partial charge in [0.05, 0.1) is 10.7 Å². The maximum absolute atomic E-state index is 12.4. The number of halogens is 1. The highest BCUT2D eigenvalue weighted by molar-refractivity contribution is 9.10. The molecular weight excluding hydrogens is 306 g/mol. The van der Waals surface area contributed by atoms with Crippen molar-refractivity contribution in [2.24, 2.45) is 17.6 Å². The Bertz CT molecular complexity index is 415. The molecule has 0 fully saturated rings. The van der Waals surface area contributed by atoms with Crippen molar-refractivity contribution >= 4 is 21.7 Å². The molecule has 0 aliphatic rings. The Morgan fingerprint density at radius 3 is 2.74 bits per heavy atom. The van der Waals surface area contributed by atoms with Gasteiger partial charge in [-0.25, -0.2) is 0 Å². The van der Waals surface area contributed by atoms with Crippen LogP contribution < -0.4 is 5.73 Å². The zero-order valence-electron chi connectivity index (χ0n) is 12.0. The van der Waals surface area contributed by atoms with Gasteiger partial charge in [0, 0.05) is 13.0 Å². The molecule has 2 N–H and O–H groups in total. The van der Waals surface area contributed by atoms with E-state index in [1.54, 1.807) is 10.9 Å². The van der Waals surface area contributed by atoms with Crippen LogP contribution in [0.4, 0.5) is 0 Å². The second-order valence-electron chi connectivity index (χ2n) is 5.42. The molecule has 0 saturated heterocycles. The summed E-state index contributed by atoms with van der Waals surface area (Å²) in [4.78, 5) is 12.4. The van der Waals surface area contributed by atoms with Gasteiger partial charge in [-0.1, -0.05) is 20.8 Å². The van der Waals surface area contributed by atoms with E-state index >= 15 is 0 Å². The summed E-state index contributed by atoms with van der Waals surface area (Å²) in [7, 11) is 0. The second-order valence-corrected chi connectivity index (χ2v) is 6.28. The summed E-state index contributed by atoms with van der Waals surface area (Å²) in [5.74, 6) is 0.948. The molecule has 1 unspecified atom stereocenters. The largest absolute Gasteiger partial charge is 0.330 e. The van der Waals surface area contributed by atoms with E-state index in [1.807, 2.05) is 0 Å². The molecule has 0 aromatic carbocycles. The normalized spacial score (nSPS) is 12.9. The summed E-state index contributed by atoms with van der Waals surface area (Å²) in [5, 5.41) is 4.24. The van der Waals surface area contributed by atoms with Gasteiger partial charge in [-0.3, -0.25) is 9.48 Å². The van der Waals surface area contributed by atoms with E-state index in [0.717, 1.165) is 23.9 Å². The Labute approximate surface area is 123 Å². The predicted molar refractivity (Wildman–Crippen MR) is 81.2 cm³/mol. The average Bonchev–Trinajstić information content (AvgIpc) is 2.69. The summed E-state index contributed by atoms with van der Waals surface area (Å²) in [6, 6.07) is 0. The molecule has 4 nitrogen and oxygen atoms in total. The van der Waals surface area contributed by atoms with Gasteiger partial charge in [0.25, 0.3) is 0 Å². The second kappa shape index (κ2) is 7.80. The summed E-state index contributed by atoms with van der Waals surface area (Å²) >= 11 is 3.42. The molecule has 0 radical (unpaired) electrons. The number of nitrogens with zero attached hydrogens (tertiary/aromatic N) is 2. The van der Waals surface area contributed by atoms with Crippen molar-refractivity contribution in [3.8, 4) is 0 Å². The Kier molecular flexibility index (Phi) is 6.72. The lowest BCUT2D eigenvalue weighted by atomic mass is 9.92. The van der Waals surface area contributed by atoms with Crippen LogP contribution in [0.5, 0.6) is 0 Å². The lowest BCUT2D eigenvalue weighted by Gasteiger charge is -2.16. The average molecular weight is 330 g/mol. The smallest absolute Gasteiger partial charge is 0.182 e. The third-order valence-corrected chi connectivity index (χ3v) is 3.69. The molecule has 1 rings (SSSR count). The number of aryl methyl sites for hydroxylation is 1. The monoisotopic (exact) mass is 329 g/mol. The zero-order chi connectivity index (χ0) is 14.4. The molecule has 19 heavy (non-hydrogen) atoms. The van der Waals surface area contributed by atoms with Crippen molar-refractivity contribution in [1.29, 1.82) is 0 Å². The quantitative estimate of drug-likeness (QED) is 0.744. The van der Waals surface area contributed by atoms with Crippen molar-refractivity contribution < 1.29 is 4.79 Å².